The number of nitrogens with two attached hydrogens (primary N) is 1. The number of hydrogen-bond acceptors (Lipinski definition) is 5. The predicted octanol–water partition coefficient (Wildman–Crippen LogP) is 1.39. The number of nitrogen functional groups attached to an aromatic ring is 1. The van der Waals surface area contributed by atoms with Crippen LogP contribution in [0.1, 0.15) is 26.7 Å². The minimum atomic E-state index is 0.475. The first-order valence-corrected chi connectivity index (χ1v) is 5.77. The van der Waals surface area contributed by atoms with E-state index in [4.69, 9.17) is 5.84 Å². The van der Waals surface area contributed by atoms with Crippen molar-refractivity contribution in [3.63, 3.8) is 0 Å². The zero-order chi connectivity index (χ0) is 11.5. The fraction of sp³-hybridized carbons (Fsp3) is 0.636. The molecule has 0 saturated carbocycles. The van der Waals surface area contributed by atoms with Gasteiger partial charge in [-0.05, 0) is 31.7 Å². The van der Waals surface area contributed by atoms with E-state index in [9.17, 15) is 0 Å². The summed E-state index contributed by atoms with van der Waals surface area (Å²) in [5, 5.41) is 0. The second-order valence-corrected chi connectivity index (χ2v) is 4.55. The normalized spacial score (nSPS) is 25.6. The predicted molar refractivity (Wildman–Crippen MR) is 65.0 cm³/mol. The van der Waals surface area contributed by atoms with E-state index in [-0.39, 0.29) is 0 Å². The first-order valence-electron chi connectivity index (χ1n) is 5.77. The highest BCUT2D eigenvalue weighted by molar-refractivity contribution is 5.43. The molecule has 88 valence electrons. The van der Waals surface area contributed by atoms with Crippen LogP contribution in [0.5, 0.6) is 0 Å². The van der Waals surface area contributed by atoms with Crippen molar-refractivity contribution >= 4 is 11.8 Å². The number of hydrazine groups is 1. The van der Waals surface area contributed by atoms with Gasteiger partial charge in [-0.15, -0.1) is 0 Å². The van der Waals surface area contributed by atoms with Crippen LogP contribution < -0.4 is 16.2 Å². The first kappa shape index (κ1) is 11.1. The molecular formula is C11H19N5. The summed E-state index contributed by atoms with van der Waals surface area (Å²) in [5.41, 5.74) is 2.48. The average molecular weight is 221 g/mol. The number of hydrogen-bond donors (Lipinski definition) is 2. The van der Waals surface area contributed by atoms with E-state index >= 15 is 0 Å². The Bertz CT molecular complexity index is 354. The lowest BCUT2D eigenvalue weighted by atomic mass is 9.93. The van der Waals surface area contributed by atoms with Crippen molar-refractivity contribution in [2.24, 2.45) is 11.8 Å². The van der Waals surface area contributed by atoms with Gasteiger partial charge in [0.05, 0.1) is 0 Å². The standard InChI is InChI=1S/C11H19N5/c1-8-4-6-16(9(2)7-8)10-3-5-13-11(14-10)15-12/h3,5,8-9H,4,6-7,12H2,1-2H3,(H,13,14,15). The van der Waals surface area contributed by atoms with Crippen molar-refractivity contribution in [1.82, 2.24) is 9.97 Å². The Morgan fingerprint density at radius 3 is 3.00 bits per heavy atom. The Labute approximate surface area is 96.0 Å². The van der Waals surface area contributed by atoms with Gasteiger partial charge < -0.3 is 4.90 Å². The first-order chi connectivity index (χ1) is 7.70. The SMILES string of the molecule is CC1CCN(c2ccnc(NN)n2)C(C)C1. The van der Waals surface area contributed by atoms with Gasteiger partial charge in [-0.2, -0.15) is 4.98 Å². The summed E-state index contributed by atoms with van der Waals surface area (Å²) in [6.45, 7) is 5.61. The van der Waals surface area contributed by atoms with Crippen molar-refractivity contribution in [2.45, 2.75) is 32.7 Å². The van der Waals surface area contributed by atoms with Gasteiger partial charge in [-0.25, -0.2) is 10.8 Å². The Hall–Kier alpha value is -1.36. The molecule has 1 aliphatic rings. The molecule has 0 aromatic carbocycles. The van der Waals surface area contributed by atoms with E-state index in [0.29, 0.717) is 12.0 Å². The van der Waals surface area contributed by atoms with Gasteiger partial charge in [-0.1, -0.05) is 6.92 Å². The molecule has 2 heterocycles. The average Bonchev–Trinajstić information content (AvgIpc) is 2.29. The summed E-state index contributed by atoms with van der Waals surface area (Å²) < 4.78 is 0. The van der Waals surface area contributed by atoms with Crippen molar-refractivity contribution in [3.8, 4) is 0 Å². The molecule has 0 radical (unpaired) electrons. The molecule has 1 fully saturated rings. The molecule has 16 heavy (non-hydrogen) atoms. The molecule has 2 rings (SSSR count). The quantitative estimate of drug-likeness (QED) is 0.583. The molecule has 1 saturated heterocycles. The third-order valence-electron chi connectivity index (χ3n) is 3.20. The third kappa shape index (κ3) is 2.24. The van der Waals surface area contributed by atoms with Crippen LogP contribution in [0.4, 0.5) is 11.8 Å². The minimum absolute atomic E-state index is 0.475. The number of aromatic nitrogens is 2. The maximum Gasteiger partial charge on any atom is 0.239 e. The summed E-state index contributed by atoms with van der Waals surface area (Å²) in [5.74, 6) is 7.55. The number of rotatable bonds is 2. The lowest BCUT2D eigenvalue weighted by molar-refractivity contribution is 0.376. The van der Waals surface area contributed by atoms with Crippen LogP contribution in [0.15, 0.2) is 12.3 Å². The number of nitrogens with zero attached hydrogens (tertiary/aromatic N) is 3. The molecule has 0 amide bonds. The van der Waals surface area contributed by atoms with E-state index in [1.807, 2.05) is 6.07 Å². The number of anilines is 2. The third-order valence-corrected chi connectivity index (χ3v) is 3.20. The summed E-state index contributed by atoms with van der Waals surface area (Å²) >= 11 is 0. The largest absolute Gasteiger partial charge is 0.354 e. The van der Waals surface area contributed by atoms with E-state index in [1.165, 1.54) is 12.8 Å². The van der Waals surface area contributed by atoms with E-state index in [1.54, 1.807) is 6.20 Å². The molecule has 5 nitrogen and oxygen atoms in total. The Morgan fingerprint density at radius 2 is 2.31 bits per heavy atom. The Morgan fingerprint density at radius 1 is 1.50 bits per heavy atom. The maximum absolute atomic E-state index is 5.31. The molecule has 3 N–H and O–H groups in total. The van der Waals surface area contributed by atoms with Gasteiger partial charge in [-0.3, -0.25) is 5.43 Å². The lowest BCUT2D eigenvalue weighted by Crippen LogP contribution is -2.40. The highest BCUT2D eigenvalue weighted by Crippen LogP contribution is 2.26. The van der Waals surface area contributed by atoms with Crippen molar-refractivity contribution < 1.29 is 0 Å². The summed E-state index contributed by atoms with van der Waals surface area (Å²) in [4.78, 5) is 10.7. The van der Waals surface area contributed by atoms with Gasteiger partial charge in [0.15, 0.2) is 0 Å². The Balaban J connectivity index is 2.16. The van der Waals surface area contributed by atoms with Crippen LogP contribution in [0, 0.1) is 5.92 Å². The monoisotopic (exact) mass is 221 g/mol. The molecule has 2 unspecified atom stereocenters. The molecule has 0 spiro atoms. The summed E-state index contributed by atoms with van der Waals surface area (Å²) in [7, 11) is 0. The molecule has 1 aromatic heterocycles. The van der Waals surface area contributed by atoms with Crippen molar-refractivity contribution in [1.29, 1.82) is 0 Å². The summed E-state index contributed by atoms with van der Waals surface area (Å²) in [6, 6.07) is 2.47. The van der Waals surface area contributed by atoms with E-state index in [0.717, 1.165) is 18.3 Å². The smallest absolute Gasteiger partial charge is 0.239 e. The van der Waals surface area contributed by atoms with Crippen LogP contribution in [0.25, 0.3) is 0 Å². The Kier molecular flexibility index (Phi) is 3.24. The topological polar surface area (TPSA) is 67.1 Å². The molecule has 1 aliphatic heterocycles. The van der Waals surface area contributed by atoms with Crippen LogP contribution >= 0.6 is 0 Å². The van der Waals surface area contributed by atoms with Crippen molar-refractivity contribution in [2.75, 3.05) is 16.9 Å². The zero-order valence-electron chi connectivity index (χ0n) is 9.85. The molecule has 0 bridgehead atoms. The van der Waals surface area contributed by atoms with Crippen LogP contribution in [-0.4, -0.2) is 22.6 Å². The van der Waals surface area contributed by atoms with Crippen molar-refractivity contribution in [3.05, 3.63) is 12.3 Å². The molecule has 5 heteroatoms. The summed E-state index contributed by atoms with van der Waals surface area (Å²) in [6.07, 6.45) is 4.18. The second-order valence-electron chi connectivity index (χ2n) is 4.55. The molecular weight excluding hydrogens is 202 g/mol. The van der Waals surface area contributed by atoms with Gasteiger partial charge in [0, 0.05) is 18.8 Å². The van der Waals surface area contributed by atoms with Gasteiger partial charge >= 0.3 is 0 Å². The maximum atomic E-state index is 5.31. The molecule has 1 aromatic rings. The van der Waals surface area contributed by atoms with Gasteiger partial charge in [0.2, 0.25) is 5.95 Å². The van der Waals surface area contributed by atoms with Crippen LogP contribution in [-0.2, 0) is 0 Å². The van der Waals surface area contributed by atoms with Crippen LogP contribution in [0.2, 0.25) is 0 Å². The number of piperidine rings is 1. The second kappa shape index (κ2) is 4.65. The highest BCUT2D eigenvalue weighted by Gasteiger charge is 2.23. The zero-order valence-corrected chi connectivity index (χ0v) is 9.85. The van der Waals surface area contributed by atoms with E-state index in [2.05, 4.69) is 34.1 Å². The molecule has 2 atom stereocenters. The number of nitrogens with one attached hydrogen (secondary N) is 1. The highest BCUT2D eigenvalue weighted by atomic mass is 15.3. The molecule has 0 aliphatic carbocycles. The van der Waals surface area contributed by atoms with Crippen LogP contribution in [0.3, 0.4) is 0 Å². The van der Waals surface area contributed by atoms with E-state index < -0.39 is 0 Å². The van der Waals surface area contributed by atoms with Gasteiger partial charge in [0.25, 0.3) is 0 Å². The fourth-order valence-corrected chi connectivity index (χ4v) is 2.33. The fourth-order valence-electron chi connectivity index (χ4n) is 2.33. The lowest BCUT2D eigenvalue weighted by Gasteiger charge is -2.37. The van der Waals surface area contributed by atoms with Gasteiger partial charge in [0.1, 0.15) is 5.82 Å². The minimum Gasteiger partial charge on any atom is -0.354 e.